The highest BCUT2D eigenvalue weighted by molar-refractivity contribution is 7.89. The van der Waals surface area contributed by atoms with E-state index in [-0.39, 0.29) is 30.0 Å². The van der Waals surface area contributed by atoms with Crippen molar-refractivity contribution in [2.75, 3.05) is 52.1 Å². The maximum Gasteiger partial charge on any atom is 0.213 e. The van der Waals surface area contributed by atoms with E-state index in [2.05, 4.69) is 14.8 Å². The molecule has 0 radical (unpaired) electrons. The number of sulfonamides is 1. The Morgan fingerprint density at radius 1 is 1.10 bits per heavy atom. The normalized spacial score (nSPS) is 16.8. The molecule has 0 bridgehead atoms. The van der Waals surface area contributed by atoms with Gasteiger partial charge in [0.05, 0.1) is 17.5 Å². The summed E-state index contributed by atoms with van der Waals surface area (Å²) in [5.74, 6) is -0.0593. The Morgan fingerprint density at radius 2 is 1.77 bits per heavy atom. The second-order valence-corrected chi connectivity index (χ2v) is 9.87. The summed E-state index contributed by atoms with van der Waals surface area (Å²) in [5.41, 5.74) is 1.98. The molecule has 0 amide bonds. The molecule has 1 aromatic carbocycles. The minimum atomic E-state index is -3.15. The molecule has 31 heavy (non-hydrogen) atoms. The van der Waals surface area contributed by atoms with Crippen LogP contribution in [0.4, 0.5) is 4.39 Å². The van der Waals surface area contributed by atoms with Gasteiger partial charge in [0.15, 0.2) is 0 Å². The Kier molecular flexibility index (Phi) is 9.84. The minimum Gasteiger partial charge on any atom is -0.301 e. The average Bonchev–Trinajstić information content (AvgIpc) is 2.76. The van der Waals surface area contributed by atoms with Crippen molar-refractivity contribution < 1.29 is 12.8 Å². The zero-order chi connectivity index (χ0) is 21.6. The van der Waals surface area contributed by atoms with Gasteiger partial charge in [0.2, 0.25) is 10.0 Å². The average molecular weight is 471 g/mol. The maximum atomic E-state index is 13.4. The number of hydrogen-bond acceptors (Lipinski definition) is 5. The van der Waals surface area contributed by atoms with E-state index < -0.39 is 10.0 Å². The first-order valence-corrected chi connectivity index (χ1v) is 12.1. The highest BCUT2D eigenvalue weighted by atomic mass is 35.5. The van der Waals surface area contributed by atoms with Gasteiger partial charge in [-0.15, -0.1) is 12.4 Å². The molecule has 2 aromatic rings. The fourth-order valence-electron chi connectivity index (χ4n) is 3.82. The van der Waals surface area contributed by atoms with Crippen LogP contribution in [0.3, 0.4) is 0 Å². The Bertz CT molecular complexity index is 891. The third-order valence-electron chi connectivity index (χ3n) is 5.72. The topological polar surface area (TPSA) is 56.8 Å². The van der Waals surface area contributed by atoms with Gasteiger partial charge in [0.25, 0.3) is 0 Å². The quantitative estimate of drug-likeness (QED) is 0.564. The highest BCUT2D eigenvalue weighted by Crippen LogP contribution is 2.28. The molecule has 6 nitrogen and oxygen atoms in total. The van der Waals surface area contributed by atoms with E-state index in [0.717, 1.165) is 44.0 Å². The summed E-state index contributed by atoms with van der Waals surface area (Å²) in [6.45, 7) is 6.55. The van der Waals surface area contributed by atoms with Gasteiger partial charge in [-0.1, -0.05) is 25.1 Å². The number of piperazine rings is 1. The van der Waals surface area contributed by atoms with Crippen molar-refractivity contribution >= 4 is 22.4 Å². The third kappa shape index (κ3) is 6.95. The molecule has 172 valence electrons. The van der Waals surface area contributed by atoms with Crippen LogP contribution in [-0.2, 0) is 10.0 Å². The van der Waals surface area contributed by atoms with E-state index in [9.17, 15) is 12.8 Å². The Morgan fingerprint density at radius 3 is 2.35 bits per heavy atom. The molecular formula is C22H32ClFN4O2S. The van der Waals surface area contributed by atoms with Gasteiger partial charge in [-0.2, -0.15) is 0 Å². The van der Waals surface area contributed by atoms with Crippen molar-refractivity contribution in [2.24, 2.45) is 0 Å². The van der Waals surface area contributed by atoms with E-state index in [0.29, 0.717) is 13.0 Å². The molecular weight excluding hydrogens is 439 g/mol. The molecule has 9 heteroatoms. The van der Waals surface area contributed by atoms with Crippen LogP contribution in [0.25, 0.3) is 0 Å². The summed E-state index contributed by atoms with van der Waals surface area (Å²) >= 11 is 0. The molecule has 1 fully saturated rings. The second kappa shape index (κ2) is 11.9. The van der Waals surface area contributed by atoms with Gasteiger partial charge >= 0.3 is 0 Å². The molecule has 0 N–H and O–H groups in total. The fraction of sp³-hybridized carbons (Fsp3) is 0.500. The first-order valence-electron chi connectivity index (χ1n) is 10.5. The molecule has 0 saturated carbocycles. The molecule has 1 aromatic heterocycles. The molecule has 1 aliphatic heterocycles. The standard InChI is InChI=1S/C22H31FN4O2S.ClH/c1-3-25(2)30(28,29)18-6-13-26-14-16-27(17-15-26)22(21-7-4-5-12-24-21)19-8-10-20(23)11-9-19;/h4-5,7-12,22H,3,6,13-18H2,1-2H3;1H. The Hall–Kier alpha value is -1.58. The molecule has 1 saturated heterocycles. The van der Waals surface area contributed by atoms with Crippen molar-refractivity contribution in [2.45, 2.75) is 19.4 Å². The van der Waals surface area contributed by atoms with Crippen molar-refractivity contribution in [1.82, 2.24) is 19.1 Å². The van der Waals surface area contributed by atoms with E-state index in [1.807, 2.05) is 37.3 Å². The van der Waals surface area contributed by atoms with Crippen LogP contribution in [0, 0.1) is 5.82 Å². The lowest BCUT2D eigenvalue weighted by Gasteiger charge is -2.39. The molecule has 1 unspecified atom stereocenters. The first-order chi connectivity index (χ1) is 14.4. The monoisotopic (exact) mass is 470 g/mol. The molecule has 1 aliphatic rings. The number of halogens is 2. The van der Waals surface area contributed by atoms with Gasteiger partial charge in [0.1, 0.15) is 5.82 Å². The second-order valence-electron chi connectivity index (χ2n) is 7.67. The first kappa shape index (κ1) is 25.7. The van der Waals surface area contributed by atoms with Gasteiger partial charge in [0, 0.05) is 46.0 Å². The lowest BCUT2D eigenvalue weighted by Crippen LogP contribution is -2.48. The van der Waals surface area contributed by atoms with Gasteiger partial charge in [-0.05, 0) is 42.8 Å². The lowest BCUT2D eigenvalue weighted by molar-refractivity contribution is 0.108. The van der Waals surface area contributed by atoms with Crippen LogP contribution in [0.1, 0.15) is 30.6 Å². The SMILES string of the molecule is CCN(C)S(=O)(=O)CCCN1CCN(C(c2ccc(F)cc2)c2ccccn2)CC1.Cl. The Balaban J connectivity index is 0.00000341. The summed E-state index contributed by atoms with van der Waals surface area (Å²) in [6.07, 6.45) is 2.42. The smallest absolute Gasteiger partial charge is 0.213 e. The summed E-state index contributed by atoms with van der Waals surface area (Å²) in [4.78, 5) is 9.24. The molecule has 3 rings (SSSR count). The van der Waals surface area contributed by atoms with Crippen LogP contribution in [0.2, 0.25) is 0 Å². The van der Waals surface area contributed by atoms with Gasteiger partial charge in [-0.3, -0.25) is 9.88 Å². The van der Waals surface area contributed by atoms with Crippen LogP contribution >= 0.6 is 12.4 Å². The molecule has 0 aliphatic carbocycles. The predicted molar refractivity (Wildman–Crippen MR) is 124 cm³/mol. The number of aromatic nitrogens is 1. The summed E-state index contributed by atoms with van der Waals surface area (Å²) in [7, 11) is -1.53. The highest BCUT2D eigenvalue weighted by Gasteiger charge is 2.27. The number of nitrogens with zero attached hydrogens (tertiary/aromatic N) is 4. The fourth-order valence-corrected chi connectivity index (χ4v) is 5.02. The van der Waals surface area contributed by atoms with Crippen LogP contribution < -0.4 is 0 Å². The molecule has 0 spiro atoms. The van der Waals surface area contributed by atoms with Crippen LogP contribution in [-0.4, -0.2) is 79.6 Å². The molecule has 2 heterocycles. The lowest BCUT2D eigenvalue weighted by atomic mass is 10.00. The van der Waals surface area contributed by atoms with E-state index in [1.54, 1.807) is 13.2 Å². The number of rotatable bonds is 9. The number of benzene rings is 1. The summed E-state index contributed by atoms with van der Waals surface area (Å²) < 4.78 is 39.1. The van der Waals surface area contributed by atoms with Crippen LogP contribution in [0.15, 0.2) is 48.7 Å². The van der Waals surface area contributed by atoms with Crippen LogP contribution in [0.5, 0.6) is 0 Å². The van der Waals surface area contributed by atoms with E-state index in [4.69, 9.17) is 0 Å². The van der Waals surface area contributed by atoms with Gasteiger partial charge in [-0.25, -0.2) is 17.1 Å². The van der Waals surface area contributed by atoms with Crippen molar-refractivity contribution in [1.29, 1.82) is 0 Å². The largest absolute Gasteiger partial charge is 0.301 e. The number of pyridine rings is 1. The summed E-state index contributed by atoms with van der Waals surface area (Å²) in [6, 6.07) is 12.5. The molecule has 1 atom stereocenters. The zero-order valence-corrected chi connectivity index (χ0v) is 19.8. The van der Waals surface area contributed by atoms with Gasteiger partial charge < -0.3 is 4.90 Å². The van der Waals surface area contributed by atoms with E-state index in [1.165, 1.54) is 16.4 Å². The minimum absolute atomic E-state index is 0. The maximum absolute atomic E-state index is 13.4. The third-order valence-corrected chi connectivity index (χ3v) is 7.74. The van der Waals surface area contributed by atoms with Crippen molar-refractivity contribution in [3.8, 4) is 0 Å². The van der Waals surface area contributed by atoms with Crippen molar-refractivity contribution in [3.05, 3.63) is 65.7 Å². The van der Waals surface area contributed by atoms with Crippen molar-refractivity contribution in [3.63, 3.8) is 0 Å². The Labute approximate surface area is 191 Å². The zero-order valence-electron chi connectivity index (χ0n) is 18.2. The predicted octanol–water partition coefficient (Wildman–Crippen LogP) is 3.02. The van der Waals surface area contributed by atoms with E-state index >= 15 is 0 Å². The summed E-state index contributed by atoms with van der Waals surface area (Å²) in [5, 5.41) is 0. The number of hydrogen-bond donors (Lipinski definition) is 0.